The second-order valence-corrected chi connectivity index (χ2v) is 7.32. The predicted molar refractivity (Wildman–Crippen MR) is 115 cm³/mol. The molecule has 0 fully saturated rings. The van der Waals surface area contributed by atoms with E-state index in [1.165, 1.54) is 11.6 Å². The number of aryl methyl sites for hydroxylation is 1. The van der Waals surface area contributed by atoms with E-state index in [0.717, 1.165) is 14.8 Å². The molecule has 0 amide bonds. The lowest BCUT2D eigenvalue weighted by Gasteiger charge is -2.16. The average Bonchev–Trinajstić information content (AvgIpc) is 2.67. The molecule has 3 rings (SSSR count). The van der Waals surface area contributed by atoms with Crippen molar-refractivity contribution in [3.05, 3.63) is 86.7 Å². The first-order valence-corrected chi connectivity index (χ1v) is 9.68. The molecule has 0 bridgehead atoms. The van der Waals surface area contributed by atoms with Crippen LogP contribution in [-0.2, 0) is 13.2 Å². The molecule has 0 heterocycles. The zero-order valence-electron chi connectivity index (χ0n) is 15.3. The van der Waals surface area contributed by atoms with Crippen molar-refractivity contribution in [1.29, 1.82) is 0 Å². The fraction of sp³-hybridized carbons (Fsp3) is 0.182. The lowest BCUT2D eigenvalue weighted by Crippen LogP contribution is -2.05. The molecular weight excluding hydrogens is 456 g/mol. The molecule has 0 aromatic heterocycles. The Hall–Kier alpha value is -2.28. The van der Waals surface area contributed by atoms with Crippen molar-refractivity contribution in [2.75, 3.05) is 12.4 Å². The standard InChI is InChI=1S/C22H21FINO2/c1-15-7-3-6-10-20(15)25-13-16-11-19(24)22(21(12-16)26-2)27-14-17-8-4-5-9-18(17)23/h3-12,25H,13-14H2,1-2H3. The Bertz CT molecular complexity index is 930. The SMILES string of the molecule is COc1cc(CNc2ccccc2C)cc(I)c1OCc1ccccc1F. The van der Waals surface area contributed by atoms with Crippen LogP contribution in [0.1, 0.15) is 16.7 Å². The van der Waals surface area contributed by atoms with Gasteiger partial charge in [-0.15, -0.1) is 0 Å². The number of halogens is 2. The number of benzene rings is 3. The summed E-state index contributed by atoms with van der Waals surface area (Å²) in [5.41, 5.74) is 3.90. The third-order valence-electron chi connectivity index (χ3n) is 4.25. The van der Waals surface area contributed by atoms with Gasteiger partial charge in [-0.2, -0.15) is 0 Å². The minimum absolute atomic E-state index is 0.153. The van der Waals surface area contributed by atoms with Gasteiger partial charge in [0.2, 0.25) is 0 Å². The molecule has 3 aromatic carbocycles. The molecule has 140 valence electrons. The van der Waals surface area contributed by atoms with Gasteiger partial charge in [-0.05, 0) is 64.9 Å². The van der Waals surface area contributed by atoms with E-state index in [4.69, 9.17) is 9.47 Å². The lowest BCUT2D eigenvalue weighted by molar-refractivity contribution is 0.277. The van der Waals surface area contributed by atoms with Crippen molar-refractivity contribution in [1.82, 2.24) is 0 Å². The summed E-state index contributed by atoms with van der Waals surface area (Å²) in [6.45, 7) is 2.90. The van der Waals surface area contributed by atoms with Crippen molar-refractivity contribution >= 4 is 28.3 Å². The molecule has 0 spiro atoms. The van der Waals surface area contributed by atoms with Crippen LogP contribution in [0.4, 0.5) is 10.1 Å². The molecule has 1 N–H and O–H groups in total. The number of ether oxygens (including phenoxy) is 2. The molecule has 0 aliphatic carbocycles. The van der Waals surface area contributed by atoms with Crippen molar-refractivity contribution in [3.8, 4) is 11.5 Å². The summed E-state index contributed by atoms with van der Waals surface area (Å²) in [4.78, 5) is 0. The number of rotatable bonds is 7. The number of para-hydroxylation sites is 1. The quantitative estimate of drug-likeness (QED) is 0.428. The van der Waals surface area contributed by atoms with E-state index in [-0.39, 0.29) is 12.4 Å². The van der Waals surface area contributed by atoms with Crippen LogP contribution >= 0.6 is 22.6 Å². The molecule has 3 aromatic rings. The van der Waals surface area contributed by atoms with Gasteiger partial charge in [-0.3, -0.25) is 0 Å². The molecule has 0 saturated carbocycles. The second kappa shape index (κ2) is 9.08. The maximum atomic E-state index is 13.8. The van der Waals surface area contributed by atoms with E-state index >= 15 is 0 Å². The Morgan fingerprint density at radius 3 is 2.52 bits per heavy atom. The van der Waals surface area contributed by atoms with Crippen molar-refractivity contribution in [2.45, 2.75) is 20.1 Å². The van der Waals surface area contributed by atoms with Crippen molar-refractivity contribution in [2.24, 2.45) is 0 Å². The monoisotopic (exact) mass is 477 g/mol. The summed E-state index contributed by atoms with van der Waals surface area (Å²) in [6.07, 6.45) is 0. The highest BCUT2D eigenvalue weighted by molar-refractivity contribution is 14.1. The fourth-order valence-corrected chi connectivity index (χ4v) is 3.57. The van der Waals surface area contributed by atoms with Crippen LogP contribution in [0.3, 0.4) is 0 Å². The van der Waals surface area contributed by atoms with Gasteiger partial charge in [-0.1, -0.05) is 36.4 Å². The van der Waals surface area contributed by atoms with Gasteiger partial charge in [0.1, 0.15) is 12.4 Å². The van der Waals surface area contributed by atoms with Crippen LogP contribution in [0.5, 0.6) is 11.5 Å². The third kappa shape index (κ3) is 4.91. The zero-order chi connectivity index (χ0) is 19.2. The molecular formula is C22H21FINO2. The summed E-state index contributed by atoms with van der Waals surface area (Å²) >= 11 is 2.22. The third-order valence-corrected chi connectivity index (χ3v) is 5.05. The van der Waals surface area contributed by atoms with Gasteiger partial charge < -0.3 is 14.8 Å². The van der Waals surface area contributed by atoms with Gasteiger partial charge in [0.15, 0.2) is 11.5 Å². The molecule has 0 aliphatic heterocycles. The molecule has 27 heavy (non-hydrogen) atoms. The van der Waals surface area contributed by atoms with E-state index in [0.29, 0.717) is 23.6 Å². The number of anilines is 1. The van der Waals surface area contributed by atoms with E-state index in [2.05, 4.69) is 47.0 Å². The minimum atomic E-state index is -0.273. The van der Waals surface area contributed by atoms with E-state index in [1.807, 2.05) is 24.3 Å². The molecule has 0 atom stereocenters. The smallest absolute Gasteiger partial charge is 0.174 e. The topological polar surface area (TPSA) is 30.5 Å². The number of hydrogen-bond acceptors (Lipinski definition) is 3. The van der Waals surface area contributed by atoms with Crippen molar-refractivity contribution in [3.63, 3.8) is 0 Å². The molecule has 5 heteroatoms. The summed E-state index contributed by atoms with van der Waals surface area (Å²) in [5.74, 6) is 0.992. The highest BCUT2D eigenvalue weighted by Gasteiger charge is 2.13. The predicted octanol–water partition coefficient (Wildman–Crippen LogP) is 5.94. The molecule has 0 saturated heterocycles. The first-order valence-electron chi connectivity index (χ1n) is 8.60. The fourth-order valence-electron chi connectivity index (χ4n) is 2.75. The first kappa shape index (κ1) is 19.5. The summed E-state index contributed by atoms with van der Waals surface area (Å²) in [5, 5.41) is 3.44. The van der Waals surface area contributed by atoms with E-state index in [9.17, 15) is 4.39 Å². The molecule has 0 radical (unpaired) electrons. The largest absolute Gasteiger partial charge is 0.493 e. The van der Waals surface area contributed by atoms with Gasteiger partial charge in [0.25, 0.3) is 0 Å². The first-order chi connectivity index (χ1) is 13.1. The van der Waals surface area contributed by atoms with Gasteiger partial charge in [0.05, 0.1) is 10.7 Å². The summed E-state index contributed by atoms with van der Waals surface area (Å²) in [7, 11) is 1.61. The Kier molecular flexibility index (Phi) is 6.55. The second-order valence-electron chi connectivity index (χ2n) is 6.16. The Morgan fingerprint density at radius 2 is 1.78 bits per heavy atom. The van der Waals surface area contributed by atoms with Gasteiger partial charge >= 0.3 is 0 Å². The number of methoxy groups -OCH3 is 1. The maximum Gasteiger partial charge on any atom is 0.174 e. The van der Waals surface area contributed by atoms with Crippen LogP contribution in [0, 0.1) is 16.3 Å². The Labute approximate surface area is 172 Å². The highest BCUT2D eigenvalue weighted by Crippen LogP contribution is 2.35. The van der Waals surface area contributed by atoms with Crippen molar-refractivity contribution < 1.29 is 13.9 Å². The average molecular weight is 477 g/mol. The van der Waals surface area contributed by atoms with E-state index in [1.54, 1.807) is 25.3 Å². The van der Waals surface area contributed by atoms with Crippen LogP contribution in [0.15, 0.2) is 60.7 Å². The number of nitrogens with one attached hydrogen (secondary N) is 1. The molecule has 0 unspecified atom stereocenters. The van der Waals surface area contributed by atoms with E-state index < -0.39 is 0 Å². The Morgan fingerprint density at radius 1 is 1.04 bits per heavy atom. The van der Waals surface area contributed by atoms with Gasteiger partial charge in [0, 0.05) is 17.8 Å². The van der Waals surface area contributed by atoms with Crippen LogP contribution in [-0.4, -0.2) is 7.11 Å². The van der Waals surface area contributed by atoms with Gasteiger partial charge in [-0.25, -0.2) is 4.39 Å². The maximum absolute atomic E-state index is 13.8. The lowest BCUT2D eigenvalue weighted by atomic mass is 10.1. The highest BCUT2D eigenvalue weighted by atomic mass is 127. The number of hydrogen-bond donors (Lipinski definition) is 1. The normalized spacial score (nSPS) is 10.5. The zero-order valence-corrected chi connectivity index (χ0v) is 17.4. The summed E-state index contributed by atoms with van der Waals surface area (Å²) < 4.78 is 26.1. The van der Waals surface area contributed by atoms with Crippen LogP contribution < -0.4 is 14.8 Å². The summed E-state index contributed by atoms with van der Waals surface area (Å²) in [6, 6.07) is 18.8. The molecule has 0 aliphatic rings. The van der Waals surface area contributed by atoms with Crippen LogP contribution in [0.2, 0.25) is 0 Å². The minimum Gasteiger partial charge on any atom is -0.493 e. The Balaban J connectivity index is 1.75. The molecule has 3 nitrogen and oxygen atoms in total. The van der Waals surface area contributed by atoms with Crippen LogP contribution in [0.25, 0.3) is 0 Å².